The molecule has 0 N–H and O–H groups in total. The molecule has 21 heavy (non-hydrogen) atoms. The minimum absolute atomic E-state index is 0.906. The highest BCUT2D eigenvalue weighted by Crippen LogP contribution is 2.22. The van der Waals surface area contributed by atoms with Crippen molar-refractivity contribution in [1.29, 1.82) is 0 Å². The number of anilines is 1. The SMILES string of the molecule is COc1ccc(CN2CCN(C)c3ncccc3C2)cc1. The summed E-state index contributed by atoms with van der Waals surface area (Å²) in [4.78, 5) is 9.21. The first kappa shape index (κ1) is 13.9. The Labute approximate surface area is 126 Å². The van der Waals surface area contributed by atoms with E-state index in [1.807, 2.05) is 24.4 Å². The number of rotatable bonds is 3. The van der Waals surface area contributed by atoms with E-state index in [1.54, 1.807) is 7.11 Å². The Morgan fingerprint density at radius 1 is 1.14 bits per heavy atom. The van der Waals surface area contributed by atoms with Crippen LogP contribution < -0.4 is 9.64 Å². The summed E-state index contributed by atoms with van der Waals surface area (Å²) in [5, 5.41) is 0. The summed E-state index contributed by atoms with van der Waals surface area (Å²) in [6.07, 6.45) is 1.87. The minimum Gasteiger partial charge on any atom is -0.497 e. The number of hydrogen-bond donors (Lipinski definition) is 0. The van der Waals surface area contributed by atoms with Gasteiger partial charge in [-0.05, 0) is 23.8 Å². The number of likely N-dealkylation sites (N-methyl/N-ethyl adjacent to an activating group) is 1. The predicted molar refractivity (Wildman–Crippen MR) is 84.6 cm³/mol. The van der Waals surface area contributed by atoms with Gasteiger partial charge in [-0.2, -0.15) is 0 Å². The van der Waals surface area contributed by atoms with Crippen LogP contribution in [0.5, 0.6) is 5.75 Å². The molecule has 1 aromatic heterocycles. The number of hydrogen-bond acceptors (Lipinski definition) is 4. The quantitative estimate of drug-likeness (QED) is 0.865. The number of benzene rings is 1. The highest BCUT2D eigenvalue weighted by molar-refractivity contribution is 5.46. The Morgan fingerprint density at radius 3 is 2.71 bits per heavy atom. The number of fused-ring (bicyclic) bond motifs is 1. The van der Waals surface area contributed by atoms with E-state index in [-0.39, 0.29) is 0 Å². The third-order valence-corrected chi connectivity index (χ3v) is 3.94. The van der Waals surface area contributed by atoms with Crippen molar-refractivity contribution in [3.63, 3.8) is 0 Å². The molecule has 0 unspecified atom stereocenters. The van der Waals surface area contributed by atoms with Gasteiger partial charge in [-0.1, -0.05) is 18.2 Å². The van der Waals surface area contributed by atoms with Crippen LogP contribution in [0.25, 0.3) is 0 Å². The maximum absolute atomic E-state index is 5.21. The summed E-state index contributed by atoms with van der Waals surface area (Å²) < 4.78 is 5.21. The summed E-state index contributed by atoms with van der Waals surface area (Å²) in [6.45, 7) is 3.94. The van der Waals surface area contributed by atoms with Crippen LogP contribution in [0.3, 0.4) is 0 Å². The van der Waals surface area contributed by atoms with Gasteiger partial charge >= 0.3 is 0 Å². The molecule has 3 rings (SSSR count). The van der Waals surface area contributed by atoms with Crippen LogP contribution in [0.15, 0.2) is 42.6 Å². The van der Waals surface area contributed by atoms with Crippen LogP contribution in [0.2, 0.25) is 0 Å². The van der Waals surface area contributed by atoms with Gasteiger partial charge in [0.2, 0.25) is 0 Å². The average Bonchev–Trinajstić information content (AvgIpc) is 2.68. The monoisotopic (exact) mass is 283 g/mol. The molecule has 0 spiro atoms. The van der Waals surface area contributed by atoms with Crippen LogP contribution in [0.1, 0.15) is 11.1 Å². The summed E-state index contributed by atoms with van der Waals surface area (Å²) in [7, 11) is 3.81. The van der Waals surface area contributed by atoms with Crippen LogP contribution in [-0.4, -0.2) is 37.1 Å². The van der Waals surface area contributed by atoms with E-state index in [0.717, 1.165) is 37.7 Å². The maximum atomic E-state index is 5.21. The first-order valence-electron chi connectivity index (χ1n) is 7.26. The Morgan fingerprint density at radius 2 is 1.95 bits per heavy atom. The third kappa shape index (κ3) is 3.16. The number of methoxy groups -OCH3 is 1. The molecule has 110 valence electrons. The molecule has 4 nitrogen and oxygen atoms in total. The van der Waals surface area contributed by atoms with Gasteiger partial charge in [-0.3, -0.25) is 4.90 Å². The van der Waals surface area contributed by atoms with Crippen molar-refractivity contribution in [2.45, 2.75) is 13.1 Å². The molecule has 4 heteroatoms. The van der Waals surface area contributed by atoms with Crippen molar-refractivity contribution in [2.24, 2.45) is 0 Å². The molecular weight excluding hydrogens is 262 g/mol. The fourth-order valence-corrected chi connectivity index (χ4v) is 2.74. The lowest BCUT2D eigenvalue weighted by Gasteiger charge is -2.20. The van der Waals surface area contributed by atoms with Crippen LogP contribution in [0.4, 0.5) is 5.82 Å². The zero-order valence-electron chi connectivity index (χ0n) is 12.6. The molecule has 1 aromatic carbocycles. The molecule has 0 atom stereocenters. The molecule has 0 amide bonds. The molecule has 0 saturated heterocycles. The van der Waals surface area contributed by atoms with Crippen molar-refractivity contribution in [2.75, 3.05) is 32.1 Å². The average molecular weight is 283 g/mol. The molecule has 2 aromatic rings. The summed E-state index contributed by atoms with van der Waals surface area (Å²) in [5.74, 6) is 2.01. The van der Waals surface area contributed by atoms with Gasteiger partial charge in [0.15, 0.2) is 0 Å². The van der Waals surface area contributed by atoms with E-state index in [2.05, 4.69) is 40.0 Å². The van der Waals surface area contributed by atoms with Gasteiger partial charge in [-0.25, -0.2) is 4.98 Å². The Hall–Kier alpha value is -2.07. The second-order valence-corrected chi connectivity index (χ2v) is 5.47. The van der Waals surface area contributed by atoms with Gasteiger partial charge in [0, 0.05) is 45.0 Å². The van der Waals surface area contributed by atoms with Crippen LogP contribution >= 0.6 is 0 Å². The zero-order valence-corrected chi connectivity index (χ0v) is 12.6. The molecule has 1 aliphatic heterocycles. The number of nitrogens with zero attached hydrogens (tertiary/aromatic N) is 3. The lowest BCUT2D eigenvalue weighted by atomic mass is 10.2. The van der Waals surface area contributed by atoms with Gasteiger partial charge in [0.25, 0.3) is 0 Å². The van der Waals surface area contributed by atoms with E-state index >= 15 is 0 Å². The molecule has 0 bridgehead atoms. The highest BCUT2D eigenvalue weighted by Gasteiger charge is 2.18. The topological polar surface area (TPSA) is 28.6 Å². The normalized spacial score (nSPS) is 15.4. The number of pyridine rings is 1. The Balaban J connectivity index is 1.74. The van der Waals surface area contributed by atoms with Crippen molar-refractivity contribution in [1.82, 2.24) is 9.88 Å². The lowest BCUT2D eigenvalue weighted by Crippen LogP contribution is -2.29. The van der Waals surface area contributed by atoms with E-state index in [4.69, 9.17) is 4.74 Å². The molecule has 0 radical (unpaired) electrons. The summed E-state index contributed by atoms with van der Waals surface area (Å²) in [6, 6.07) is 12.5. The van der Waals surface area contributed by atoms with Crippen molar-refractivity contribution >= 4 is 5.82 Å². The van der Waals surface area contributed by atoms with Gasteiger partial charge in [0.05, 0.1) is 7.11 Å². The molecule has 0 aliphatic carbocycles. The second-order valence-electron chi connectivity index (χ2n) is 5.47. The number of ether oxygens (including phenoxy) is 1. The number of aromatic nitrogens is 1. The van der Waals surface area contributed by atoms with Crippen molar-refractivity contribution in [3.05, 3.63) is 53.7 Å². The first-order valence-corrected chi connectivity index (χ1v) is 7.26. The van der Waals surface area contributed by atoms with E-state index < -0.39 is 0 Å². The fourth-order valence-electron chi connectivity index (χ4n) is 2.74. The first-order chi connectivity index (χ1) is 10.3. The molecule has 1 aliphatic rings. The Bertz CT molecular complexity index is 597. The molecule has 2 heterocycles. The second kappa shape index (κ2) is 6.14. The molecule has 0 saturated carbocycles. The van der Waals surface area contributed by atoms with E-state index in [1.165, 1.54) is 11.1 Å². The molecular formula is C17H21N3O. The van der Waals surface area contributed by atoms with Crippen LogP contribution in [0, 0.1) is 0 Å². The fraction of sp³-hybridized carbons (Fsp3) is 0.353. The standard InChI is InChI=1S/C17H21N3O/c1-19-10-11-20(13-15-4-3-9-18-17(15)19)12-14-5-7-16(21-2)8-6-14/h3-9H,10-13H2,1-2H3. The van der Waals surface area contributed by atoms with E-state index in [9.17, 15) is 0 Å². The van der Waals surface area contributed by atoms with Gasteiger partial charge < -0.3 is 9.64 Å². The summed E-state index contributed by atoms with van der Waals surface area (Å²) >= 11 is 0. The Kier molecular flexibility index (Phi) is 4.06. The van der Waals surface area contributed by atoms with Crippen molar-refractivity contribution in [3.8, 4) is 5.75 Å². The van der Waals surface area contributed by atoms with Gasteiger partial charge in [-0.15, -0.1) is 0 Å². The highest BCUT2D eigenvalue weighted by atomic mass is 16.5. The third-order valence-electron chi connectivity index (χ3n) is 3.94. The zero-order chi connectivity index (χ0) is 14.7. The summed E-state index contributed by atoms with van der Waals surface area (Å²) in [5.41, 5.74) is 2.61. The smallest absolute Gasteiger partial charge is 0.132 e. The van der Waals surface area contributed by atoms with Crippen LogP contribution in [-0.2, 0) is 13.1 Å². The molecule has 0 fully saturated rings. The van der Waals surface area contributed by atoms with Gasteiger partial charge in [0.1, 0.15) is 11.6 Å². The van der Waals surface area contributed by atoms with Crippen molar-refractivity contribution < 1.29 is 4.74 Å². The minimum atomic E-state index is 0.906. The predicted octanol–water partition coefficient (Wildman–Crippen LogP) is 2.54. The maximum Gasteiger partial charge on any atom is 0.132 e. The largest absolute Gasteiger partial charge is 0.497 e. The van der Waals surface area contributed by atoms with E-state index in [0.29, 0.717) is 0 Å². The lowest BCUT2D eigenvalue weighted by molar-refractivity contribution is 0.269.